The number of aromatic nitrogens is 2. The van der Waals surface area contributed by atoms with Crippen LogP contribution in [0, 0.1) is 0 Å². The van der Waals surface area contributed by atoms with Crippen LogP contribution in [0.15, 0.2) is 23.5 Å². The zero-order valence-electron chi connectivity index (χ0n) is 13.5. The largest absolute Gasteiger partial charge is 0.357 e. The number of nitrogens with one attached hydrogen (secondary N) is 1. The van der Waals surface area contributed by atoms with E-state index in [-0.39, 0.29) is 0 Å². The van der Waals surface area contributed by atoms with Crippen molar-refractivity contribution in [2.45, 2.75) is 13.3 Å². The van der Waals surface area contributed by atoms with Gasteiger partial charge in [-0.15, -0.1) is 0 Å². The number of thioether (sulfide) groups is 1. The van der Waals surface area contributed by atoms with Gasteiger partial charge in [0.05, 0.1) is 0 Å². The van der Waals surface area contributed by atoms with Crippen LogP contribution in [-0.4, -0.2) is 72.1 Å². The summed E-state index contributed by atoms with van der Waals surface area (Å²) in [6.45, 7) is 7.68. The summed E-state index contributed by atoms with van der Waals surface area (Å²) in [5, 5.41) is 3.40. The predicted octanol–water partition coefficient (Wildman–Crippen LogP) is 1.32. The summed E-state index contributed by atoms with van der Waals surface area (Å²) in [7, 11) is 0. The van der Waals surface area contributed by atoms with Gasteiger partial charge in [-0.2, -0.15) is 11.8 Å². The second kappa shape index (κ2) is 9.50. The lowest BCUT2D eigenvalue weighted by Crippen LogP contribution is -2.53. The third kappa shape index (κ3) is 5.05. The van der Waals surface area contributed by atoms with Crippen molar-refractivity contribution in [1.29, 1.82) is 0 Å². The van der Waals surface area contributed by atoms with E-state index in [1.807, 2.05) is 17.8 Å². The third-order valence-electron chi connectivity index (χ3n) is 3.52. The highest BCUT2D eigenvalue weighted by Crippen LogP contribution is 2.09. The van der Waals surface area contributed by atoms with Gasteiger partial charge in [0.1, 0.15) is 0 Å². The number of piperazine rings is 1. The highest BCUT2D eigenvalue weighted by Gasteiger charge is 2.20. The maximum atomic E-state index is 4.74. The summed E-state index contributed by atoms with van der Waals surface area (Å²) in [4.78, 5) is 18.0. The quantitative estimate of drug-likeness (QED) is 0.484. The number of anilines is 1. The molecule has 22 heavy (non-hydrogen) atoms. The van der Waals surface area contributed by atoms with Crippen molar-refractivity contribution in [3.05, 3.63) is 18.5 Å². The number of rotatable bonds is 6. The Morgan fingerprint density at radius 1 is 1.27 bits per heavy atom. The monoisotopic (exact) mass is 322 g/mol. The zero-order valence-corrected chi connectivity index (χ0v) is 14.3. The van der Waals surface area contributed by atoms with Gasteiger partial charge in [-0.05, 0) is 31.4 Å². The normalized spacial score (nSPS) is 16.0. The topological polar surface area (TPSA) is 56.7 Å². The SMILES string of the molecule is CCNC(=NCCCSC)N1CCN(c2ncccn2)CC1. The van der Waals surface area contributed by atoms with Crippen molar-refractivity contribution in [2.75, 3.05) is 56.2 Å². The molecule has 0 saturated carbocycles. The van der Waals surface area contributed by atoms with E-state index < -0.39 is 0 Å². The fourth-order valence-electron chi connectivity index (χ4n) is 2.39. The van der Waals surface area contributed by atoms with Gasteiger partial charge < -0.3 is 15.1 Å². The van der Waals surface area contributed by atoms with Crippen molar-refractivity contribution >= 4 is 23.7 Å². The number of hydrogen-bond acceptors (Lipinski definition) is 5. The minimum Gasteiger partial charge on any atom is -0.357 e. The highest BCUT2D eigenvalue weighted by atomic mass is 32.2. The smallest absolute Gasteiger partial charge is 0.225 e. The average Bonchev–Trinajstić information content (AvgIpc) is 2.59. The first-order chi connectivity index (χ1) is 10.8. The van der Waals surface area contributed by atoms with E-state index in [4.69, 9.17) is 4.99 Å². The number of aliphatic imine (C=N–C) groups is 1. The Labute approximate surface area is 137 Å². The molecule has 0 bridgehead atoms. The molecule has 1 aromatic rings. The molecule has 0 unspecified atom stereocenters. The van der Waals surface area contributed by atoms with Gasteiger partial charge in [0.15, 0.2) is 5.96 Å². The predicted molar refractivity (Wildman–Crippen MR) is 94.8 cm³/mol. The highest BCUT2D eigenvalue weighted by molar-refractivity contribution is 7.98. The van der Waals surface area contributed by atoms with Crippen molar-refractivity contribution in [2.24, 2.45) is 4.99 Å². The molecular formula is C15H26N6S. The Bertz CT molecular complexity index is 445. The van der Waals surface area contributed by atoms with Gasteiger partial charge in [0, 0.05) is 51.7 Å². The molecule has 0 aliphatic carbocycles. The molecule has 2 heterocycles. The lowest BCUT2D eigenvalue weighted by atomic mass is 10.3. The van der Waals surface area contributed by atoms with Gasteiger partial charge in [-0.3, -0.25) is 4.99 Å². The van der Waals surface area contributed by atoms with Gasteiger partial charge in [0.25, 0.3) is 0 Å². The first kappa shape index (κ1) is 16.9. The van der Waals surface area contributed by atoms with Crippen molar-refractivity contribution in [3.8, 4) is 0 Å². The molecule has 1 aromatic heterocycles. The molecule has 6 nitrogen and oxygen atoms in total. The van der Waals surface area contributed by atoms with E-state index in [0.29, 0.717) is 0 Å². The van der Waals surface area contributed by atoms with Crippen LogP contribution < -0.4 is 10.2 Å². The van der Waals surface area contributed by atoms with Crippen molar-refractivity contribution in [1.82, 2.24) is 20.2 Å². The summed E-state index contributed by atoms with van der Waals surface area (Å²) >= 11 is 1.88. The standard InChI is InChI=1S/C15H26N6S/c1-3-16-14(19-8-5-13-22-2)20-9-11-21(12-10-20)15-17-6-4-7-18-15/h4,6-7H,3,5,8-13H2,1-2H3,(H,16,19). The van der Waals surface area contributed by atoms with Crippen LogP contribution in [0.1, 0.15) is 13.3 Å². The van der Waals surface area contributed by atoms with Crippen LogP contribution in [0.3, 0.4) is 0 Å². The maximum absolute atomic E-state index is 4.74. The van der Waals surface area contributed by atoms with E-state index in [0.717, 1.165) is 57.6 Å². The summed E-state index contributed by atoms with van der Waals surface area (Å²) < 4.78 is 0. The lowest BCUT2D eigenvalue weighted by Gasteiger charge is -2.36. The summed E-state index contributed by atoms with van der Waals surface area (Å²) in [5.74, 6) is 3.03. The van der Waals surface area contributed by atoms with E-state index in [1.165, 1.54) is 5.75 Å². The van der Waals surface area contributed by atoms with Gasteiger partial charge in [-0.25, -0.2) is 9.97 Å². The molecule has 2 rings (SSSR count). The molecule has 1 aliphatic heterocycles. The van der Waals surface area contributed by atoms with Crippen molar-refractivity contribution in [3.63, 3.8) is 0 Å². The Hall–Kier alpha value is -1.50. The summed E-state index contributed by atoms with van der Waals surface area (Å²) in [6.07, 6.45) is 6.87. The Kier molecular flexibility index (Phi) is 7.28. The fourth-order valence-corrected chi connectivity index (χ4v) is 2.81. The Morgan fingerprint density at radius 2 is 2.00 bits per heavy atom. The molecular weight excluding hydrogens is 296 g/mol. The maximum Gasteiger partial charge on any atom is 0.225 e. The molecule has 0 spiro atoms. The molecule has 1 fully saturated rings. The van der Waals surface area contributed by atoms with Gasteiger partial charge >= 0.3 is 0 Å². The fraction of sp³-hybridized carbons (Fsp3) is 0.667. The number of nitrogens with zero attached hydrogens (tertiary/aromatic N) is 5. The minimum atomic E-state index is 0.823. The summed E-state index contributed by atoms with van der Waals surface area (Å²) in [5.41, 5.74) is 0. The number of guanidine groups is 1. The average molecular weight is 322 g/mol. The van der Waals surface area contributed by atoms with Crippen LogP contribution in [0.25, 0.3) is 0 Å². The molecule has 122 valence electrons. The first-order valence-corrected chi connectivity index (χ1v) is 9.28. The van der Waals surface area contributed by atoms with Crippen LogP contribution in [0.2, 0.25) is 0 Å². The zero-order chi connectivity index (χ0) is 15.6. The molecule has 1 saturated heterocycles. The van der Waals surface area contributed by atoms with E-state index in [1.54, 1.807) is 12.4 Å². The van der Waals surface area contributed by atoms with Crippen LogP contribution in [0.5, 0.6) is 0 Å². The molecule has 1 N–H and O–H groups in total. The molecule has 1 aliphatic rings. The van der Waals surface area contributed by atoms with Gasteiger partial charge in [0.2, 0.25) is 5.95 Å². The first-order valence-electron chi connectivity index (χ1n) is 7.89. The molecule has 0 aromatic carbocycles. The lowest BCUT2D eigenvalue weighted by molar-refractivity contribution is 0.370. The third-order valence-corrected chi connectivity index (χ3v) is 4.21. The Morgan fingerprint density at radius 3 is 2.64 bits per heavy atom. The van der Waals surface area contributed by atoms with Crippen LogP contribution in [-0.2, 0) is 0 Å². The minimum absolute atomic E-state index is 0.823. The molecule has 7 heteroatoms. The second-order valence-corrected chi connectivity index (χ2v) is 6.09. The van der Waals surface area contributed by atoms with E-state index >= 15 is 0 Å². The van der Waals surface area contributed by atoms with Crippen molar-refractivity contribution < 1.29 is 0 Å². The summed E-state index contributed by atoms with van der Waals surface area (Å²) in [6, 6.07) is 1.85. The molecule has 0 radical (unpaired) electrons. The van der Waals surface area contributed by atoms with Gasteiger partial charge in [-0.1, -0.05) is 0 Å². The molecule has 0 amide bonds. The van der Waals surface area contributed by atoms with E-state index in [2.05, 4.69) is 38.3 Å². The number of hydrogen-bond donors (Lipinski definition) is 1. The Balaban J connectivity index is 1.87. The van der Waals surface area contributed by atoms with Crippen LogP contribution >= 0.6 is 11.8 Å². The molecule has 0 atom stereocenters. The van der Waals surface area contributed by atoms with Crippen LogP contribution in [0.4, 0.5) is 5.95 Å². The van der Waals surface area contributed by atoms with E-state index in [9.17, 15) is 0 Å². The second-order valence-electron chi connectivity index (χ2n) is 5.10.